The fourth-order valence-corrected chi connectivity index (χ4v) is 2.36. The van der Waals surface area contributed by atoms with Gasteiger partial charge in [0.1, 0.15) is 18.5 Å². The van der Waals surface area contributed by atoms with E-state index in [0.29, 0.717) is 13.2 Å². The summed E-state index contributed by atoms with van der Waals surface area (Å²) in [6, 6.07) is 6.13. The van der Waals surface area contributed by atoms with Crippen molar-refractivity contribution in [3.63, 3.8) is 0 Å². The normalized spacial score (nSPS) is 18.7. The molecule has 0 saturated heterocycles. The molecule has 3 heteroatoms. The summed E-state index contributed by atoms with van der Waals surface area (Å²) in [5.41, 5.74) is 2.52. The van der Waals surface area contributed by atoms with Crippen LogP contribution in [0, 0.1) is 13.8 Å². The van der Waals surface area contributed by atoms with Crippen LogP contribution in [0.25, 0.3) is 0 Å². The second-order valence-electron chi connectivity index (χ2n) is 6.03. The quantitative estimate of drug-likeness (QED) is 0.829. The minimum atomic E-state index is -0.461. The SMILES string of the molecule is Cc1ccc(C)c(OCC(O)CNC2(C)CCC2)c1. The number of ether oxygens (including phenoxy) is 1. The standard InChI is InChI=1S/C16H25NO2/c1-12-5-6-13(2)15(9-12)19-11-14(18)10-17-16(3)7-4-8-16/h5-6,9,14,17-18H,4,7-8,10-11H2,1-3H3. The highest BCUT2D eigenvalue weighted by Gasteiger charge is 2.31. The number of aryl methyl sites for hydroxylation is 2. The Kier molecular flexibility index (Phi) is 4.48. The monoisotopic (exact) mass is 263 g/mol. The fraction of sp³-hybridized carbons (Fsp3) is 0.625. The summed E-state index contributed by atoms with van der Waals surface area (Å²) in [7, 11) is 0. The Bertz CT molecular complexity index is 427. The predicted octanol–water partition coefficient (Wildman–Crippen LogP) is 2.58. The van der Waals surface area contributed by atoms with Gasteiger partial charge in [0, 0.05) is 12.1 Å². The fourth-order valence-electron chi connectivity index (χ4n) is 2.36. The maximum absolute atomic E-state index is 9.97. The van der Waals surface area contributed by atoms with Gasteiger partial charge in [-0.1, -0.05) is 12.1 Å². The first-order valence-electron chi connectivity index (χ1n) is 7.12. The Morgan fingerprint density at radius 1 is 1.37 bits per heavy atom. The molecule has 1 atom stereocenters. The average molecular weight is 263 g/mol. The van der Waals surface area contributed by atoms with Gasteiger partial charge < -0.3 is 15.2 Å². The maximum Gasteiger partial charge on any atom is 0.122 e. The summed E-state index contributed by atoms with van der Waals surface area (Å²) in [6.07, 6.45) is 3.24. The molecule has 2 rings (SSSR count). The molecule has 0 radical (unpaired) electrons. The van der Waals surface area contributed by atoms with Gasteiger partial charge in [-0.2, -0.15) is 0 Å². The number of β-amino-alcohol motifs (C(OH)–C–C–N with tert-alkyl or cyclic N) is 1. The summed E-state index contributed by atoms with van der Waals surface area (Å²) in [6.45, 7) is 7.22. The lowest BCUT2D eigenvalue weighted by molar-refractivity contribution is 0.0865. The van der Waals surface area contributed by atoms with Gasteiger partial charge in [0.05, 0.1) is 0 Å². The number of hydrogen-bond acceptors (Lipinski definition) is 3. The minimum Gasteiger partial charge on any atom is -0.491 e. The van der Waals surface area contributed by atoms with Gasteiger partial charge in [0.2, 0.25) is 0 Å². The molecule has 1 fully saturated rings. The topological polar surface area (TPSA) is 41.5 Å². The molecule has 0 aromatic heterocycles. The van der Waals surface area contributed by atoms with Gasteiger partial charge in [0.25, 0.3) is 0 Å². The zero-order chi connectivity index (χ0) is 13.9. The smallest absolute Gasteiger partial charge is 0.122 e. The molecule has 1 unspecified atom stereocenters. The highest BCUT2D eigenvalue weighted by Crippen LogP contribution is 2.30. The number of aliphatic hydroxyl groups excluding tert-OH is 1. The number of hydrogen-bond donors (Lipinski definition) is 2. The summed E-state index contributed by atoms with van der Waals surface area (Å²) in [5.74, 6) is 0.869. The largest absolute Gasteiger partial charge is 0.491 e. The Morgan fingerprint density at radius 2 is 2.11 bits per heavy atom. The Labute approximate surface area is 116 Å². The third-order valence-electron chi connectivity index (χ3n) is 4.00. The van der Waals surface area contributed by atoms with E-state index >= 15 is 0 Å². The molecule has 1 saturated carbocycles. The van der Waals surface area contributed by atoms with E-state index in [9.17, 15) is 5.11 Å². The van der Waals surface area contributed by atoms with E-state index in [-0.39, 0.29) is 5.54 Å². The molecule has 1 aliphatic rings. The van der Waals surface area contributed by atoms with E-state index in [1.54, 1.807) is 0 Å². The molecule has 0 heterocycles. The molecule has 1 aromatic carbocycles. The highest BCUT2D eigenvalue weighted by atomic mass is 16.5. The number of aliphatic hydroxyl groups is 1. The van der Waals surface area contributed by atoms with Gasteiger partial charge in [-0.05, 0) is 57.2 Å². The second-order valence-corrected chi connectivity index (χ2v) is 6.03. The maximum atomic E-state index is 9.97. The molecule has 106 valence electrons. The van der Waals surface area contributed by atoms with Crippen molar-refractivity contribution in [3.05, 3.63) is 29.3 Å². The van der Waals surface area contributed by atoms with Crippen molar-refractivity contribution >= 4 is 0 Å². The van der Waals surface area contributed by atoms with Crippen LogP contribution in [0.4, 0.5) is 0 Å². The van der Waals surface area contributed by atoms with Gasteiger partial charge in [-0.3, -0.25) is 0 Å². The average Bonchev–Trinajstić information content (AvgIpc) is 2.35. The molecule has 1 aromatic rings. The molecular weight excluding hydrogens is 238 g/mol. The lowest BCUT2D eigenvalue weighted by Gasteiger charge is -2.40. The summed E-state index contributed by atoms with van der Waals surface area (Å²) >= 11 is 0. The first kappa shape index (κ1) is 14.4. The second kappa shape index (κ2) is 5.93. The van der Waals surface area contributed by atoms with Crippen LogP contribution in [-0.4, -0.2) is 29.9 Å². The minimum absolute atomic E-state index is 0.236. The summed E-state index contributed by atoms with van der Waals surface area (Å²) in [5, 5.41) is 13.4. The number of benzene rings is 1. The number of rotatable bonds is 6. The van der Waals surface area contributed by atoms with Crippen molar-refractivity contribution in [2.45, 2.75) is 51.7 Å². The van der Waals surface area contributed by atoms with Gasteiger partial charge in [-0.15, -0.1) is 0 Å². The molecule has 0 amide bonds. The molecule has 3 nitrogen and oxygen atoms in total. The predicted molar refractivity (Wildman–Crippen MR) is 77.7 cm³/mol. The van der Waals surface area contributed by atoms with Crippen LogP contribution in [0.1, 0.15) is 37.3 Å². The van der Waals surface area contributed by atoms with E-state index in [1.165, 1.54) is 24.8 Å². The van der Waals surface area contributed by atoms with E-state index in [1.807, 2.05) is 26.0 Å². The Hall–Kier alpha value is -1.06. The van der Waals surface area contributed by atoms with Crippen LogP contribution in [0.15, 0.2) is 18.2 Å². The van der Waals surface area contributed by atoms with Gasteiger partial charge in [0.15, 0.2) is 0 Å². The molecule has 2 N–H and O–H groups in total. The molecule has 0 aliphatic heterocycles. The van der Waals surface area contributed by atoms with Gasteiger partial charge >= 0.3 is 0 Å². The molecule has 0 spiro atoms. The van der Waals surface area contributed by atoms with Crippen LogP contribution in [0.5, 0.6) is 5.75 Å². The highest BCUT2D eigenvalue weighted by molar-refractivity contribution is 5.35. The van der Waals surface area contributed by atoms with Crippen LogP contribution >= 0.6 is 0 Å². The summed E-state index contributed by atoms with van der Waals surface area (Å²) < 4.78 is 5.71. The van der Waals surface area contributed by atoms with Crippen molar-refractivity contribution in [2.24, 2.45) is 0 Å². The van der Waals surface area contributed by atoms with Crippen molar-refractivity contribution in [1.82, 2.24) is 5.32 Å². The third kappa shape index (κ3) is 3.95. The van der Waals surface area contributed by atoms with Crippen LogP contribution < -0.4 is 10.1 Å². The van der Waals surface area contributed by atoms with Crippen molar-refractivity contribution in [1.29, 1.82) is 0 Å². The van der Waals surface area contributed by atoms with Gasteiger partial charge in [-0.25, -0.2) is 0 Å². The lowest BCUT2D eigenvalue weighted by Crippen LogP contribution is -2.51. The molecule has 19 heavy (non-hydrogen) atoms. The summed E-state index contributed by atoms with van der Waals surface area (Å²) in [4.78, 5) is 0. The molecule has 1 aliphatic carbocycles. The van der Waals surface area contributed by atoms with Crippen LogP contribution in [-0.2, 0) is 0 Å². The molecule has 0 bridgehead atoms. The third-order valence-corrected chi connectivity index (χ3v) is 4.00. The van der Waals surface area contributed by atoms with Crippen molar-refractivity contribution < 1.29 is 9.84 Å². The van der Waals surface area contributed by atoms with E-state index in [2.05, 4.69) is 18.3 Å². The molecular formula is C16H25NO2. The van der Waals surface area contributed by atoms with Crippen LogP contribution in [0.3, 0.4) is 0 Å². The first-order valence-corrected chi connectivity index (χ1v) is 7.12. The van der Waals surface area contributed by atoms with Crippen LogP contribution in [0.2, 0.25) is 0 Å². The Balaban J connectivity index is 1.76. The zero-order valence-corrected chi connectivity index (χ0v) is 12.2. The van der Waals surface area contributed by atoms with E-state index < -0.39 is 6.10 Å². The Morgan fingerprint density at radius 3 is 2.74 bits per heavy atom. The van der Waals surface area contributed by atoms with Crippen molar-refractivity contribution in [3.8, 4) is 5.75 Å². The number of nitrogens with one attached hydrogen (secondary N) is 1. The van der Waals surface area contributed by atoms with E-state index in [0.717, 1.165) is 11.3 Å². The lowest BCUT2D eigenvalue weighted by atomic mass is 9.78. The zero-order valence-electron chi connectivity index (χ0n) is 12.2. The first-order chi connectivity index (χ1) is 8.98. The van der Waals surface area contributed by atoms with Crippen molar-refractivity contribution in [2.75, 3.05) is 13.2 Å². The van der Waals surface area contributed by atoms with E-state index in [4.69, 9.17) is 4.74 Å².